The summed E-state index contributed by atoms with van der Waals surface area (Å²) in [5.41, 5.74) is 1.31. The van der Waals surface area contributed by atoms with Crippen LogP contribution in [-0.4, -0.2) is 61.7 Å². The Bertz CT molecular complexity index is 560. The van der Waals surface area contributed by atoms with Gasteiger partial charge in [-0.1, -0.05) is 6.92 Å². The number of hydrogen-bond acceptors (Lipinski definition) is 4. The molecule has 22 heavy (non-hydrogen) atoms. The van der Waals surface area contributed by atoms with E-state index in [9.17, 15) is 9.65 Å². The van der Waals surface area contributed by atoms with Crippen molar-refractivity contribution < 1.29 is 4.39 Å². The first-order chi connectivity index (χ1) is 10.7. The molecule has 0 N–H and O–H groups in total. The zero-order chi connectivity index (χ0) is 15.5. The second kappa shape index (κ2) is 6.64. The smallest absolute Gasteiger partial charge is 0.124 e. The number of nitrogens with zero attached hydrogens (tertiary/aromatic N) is 4. The van der Waals surface area contributed by atoms with Crippen LogP contribution < -0.4 is 4.90 Å². The molecule has 2 heterocycles. The highest BCUT2D eigenvalue weighted by Crippen LogP contribution is 2.27. The van der Waals surface area contributed by atoms with Crippen LogP contribution in [0, 0.1) is 17.1 Å². The molecule has 2 aliphatic heterocycles. The highest BCUT2D eigenvalue weighted by Gasteiger charge is 2.30. The lowest BCUT2D eigenvalue weighted by Gasteiger charge is -2.37. The summed E-state index contributed by atoms with van der Waals surface area (Å²) in [5, 5.41) is 9.21. The van der Waals surface area contributed by atoms with Crippen LogP contribution in [0.5, 0.6) is 0 Å². The lowest BCUT2D eigenvalue weighted by Crippen LogP contribution is -2.50. The highest BCUT2D eigenvalue weighted by atomic mass is 19.1. The minimum atomic E-state index is -0.341. The van der Waals surface area contributed by atoms with E-state index in [1.54, 1.807) is 6.07 Å². The van der Waals surface area contributed by atoms with Crippen LogP contribution in [0.3, 0.4) is 0 Å². The molecule has 1 aromatic carbocycles. The predicted octanol–water partition coefficient (Wildman–Crippen LogP) is 1.91. The van der Waals surface area contributed by atoms with Crippen LogP contribution in [0.4, 0.5) is 10.1 Å². The van der Waals surface area contributed by atoms with Crippen molar-refractivity contribution in [3.8, 4) is 6.07 Å². The molecule has 0 aliphatic carbocycles. The monoisotopic (exact) mass is 302 g/mol. The van der Waals surface area contributed by atoms with Crippen molar-refractivity contribution in [3.05, 3.63) is 29.6 Å². The molecule has 0 bridgehead atoms. The fraction of sp³-hybridized carbons (Fsp3) is 0.588. The van der Waals surface area contributed by atoms with E-state index in [4.69, 9.17) is 0 Å². The third-order valence-corrected chi connectivity index (χ3v) is 4.95. The van der Waals surface area contributed by atoms with Gasteiger partial charge in [0, 0.05) is 45.3 Å². The number of anilines is 1. The van der Waals surface area contributed by atoms with E-state index < -0.39 is 0 Å². The van der Waals surface area contributed by atoms with Gasteiger partial charge >= 0.3 is 0 Å². The van der Waals surface area contributed by atoms with E-state index in [2.05, 4.69) is 27.7 Å². The molecule has 0 aromatic heterocycles. The van der Waals surface area contributed by atoms with Crippen LogP contribution in [-0.2, 0) is 0 Å². The van der Waals surface area contributed by atoms with Gasteiger partial charge in [-0.2, -0.15) is 5.26 Å². The van der Waals surface area contributed by atoms with Crippen molar-refractivity contribution >= 4 is 5.69 Å². The van der Waals surface area contributed by atoms with Crippen molar-refractivity contribution in [1.29, 1.82) is 5.26 Å². The Morgan fingerprint density at radius 3 is 2.68 bits per heavy atom. The maximum absolute atomic E-state index is 13.3. The molecule has 0 amide bonds. The standard InChI is InChI=1S/C17H23FN4/c1-2-20-7-9-21(10-8-20)16-5-6-22(13-16)17-4-3-15(18)11-14(17)12-19/h3-4,11,16H,2,5-10,13H2,1H3. The summed E-state index contributed by atoms with van der Waals surface area (Å²) >= 11 is 0. The van der Waals surface area contributed by atoms with Gasteiger partial charge in [-0.15, -0.1) is 0 Å². The largest absolute Gasteiger partial charge is 0.369 e. The first kappa shape index (κ1) is 15.3. The minimum absolute atomic E-state index is 0.341. The van der Waals surface area contributed by atoms with E-state index in [1.807, 2.05) is 0 Å². The van der Waals surface area contributed by atoms with Gasteiger partial charge in [0.1, 0.15) is 11.9 Å². The molecule has 3 rings (SSSR count). The molecule has 1 unspecified atom stereocenters. The summed E-state index contributed by atoms with van der Waals surface area (Å²) in [6.07, 6.45) is 1.12. The molecule has 2 aliphatic rings. The molecule has 118 valence electrons. The fourth-order valence-electron chi connectivity index (χ4n) is 3.58. The molecule has 4 nitrogen and oxygen atoms in total. The Morgan fingerprint density at radius 1 is 1.23 bits per heavy atom. The van der Waals surface area contributed by atoms with Gasteiger partial charge < -0.3 is 9.80 Å². The summed E-state index contributed by atoms with van der Waals surface area (Å²) in [6, 6.07) is 7.20. The fourth-order valence-corrected chi connectivity index (χ4v) is 3.58. The van der Waals surface area contributed by atoms with Gasteiger partial charge in [0.25, 0.3) is 0 Å². The zero-order valence-electron chi connectivity index (χ0n) is 13.1. The Hall–Kier alpha value is -1.64. The van der Waals surface area contributed by atoms with Crippen molar-refractivity contribution in [2.24, 2.45) is 0 Å². The van der Waals surface area contributed by atoms with Gasteiger partial charge in [-0.05, 0) is 31.2 Å². The van der Waals surface area contributed by atoms with Crippen LogP contribution in [0.1, 0.15) is 18.9 Å². The molecule has 5 heteroatoms. The molecule has 0 radical (unpaired) electrons. The molecule has 1 aromatic rings. The Balaban J connectivity index is 1.65. The van der Waals surface area contributed by atoms with Crippen LogP contribution in [0.25, 0.3) is 0 Å². The zero-order valence-corrected chi connectivity index (χ0v) is 13.1. The van der Waals surface area contributed by atoms with Crippen molar-refractivity contribution in [2.75, 3.05) is 50.7 Å². The maximum Gasteiger partial charge on any atom is 0.124 e. The van der Waals surface area contributed by atoms with E-state index in [0.29, 0.717) is 11.6 Å². The first-order valence-electron chi connectivity index (χ1n) is 8.12. The third-order valence-electron chi connectivity index (χ3n) is 4.95. The minimum Gasteiger partial charge on any atom is -0.369 e. The lowest BCUT2D eigenvalue weighted by atomic mass is 10.1. The quantitative estimate of drug-likeness (QED) is 0.854. The Morgan fingerprint density at radius 2 is 2.00 bits per heavy atom. The molecule has 0 spiro atoms. The number of hydrogen-bond donors (Lipinski definition) is 0. The van der Waals surface area contributed by atoms with Crippen molar-refractivity contribution in [2.45, 2.75) is 19.4 Å². The number of halogens is 1. The van der Waals surface area contributed by atoms with Gasteiger partial charge in [-0.3, -0.25) is 4.90 Å². The summed E-state index contributed by atoms with van der Waals surface area (Å²) < 4.78 is 13.3. The number of rotatable bonds is 3. The van der Waals surface area contributed by atoms with Crippen LogP contribution >= 0.6 is 0 Å². The van der Waals surface area contributed by atoms with Crippen LogP contribution in [0.2, 0.25) is 0 Å². The molecular formula is C17H23FN4. The molecule has 0 saturated carbocycles. The Labute approximate surface area is 131 Å². The number of piperazine rings is 1. The first-order valence-corrected chi connectivity index (χ1v) is 8.12. The van der Waals surface area contributed by atoms with E-state index >= 15 is 0 Å². The Kier molecular flexibility index (Phi) is 4.60. The van der Waals surface area contributed by atoms with E-state index in [1.165, 1.54) is 12.1 Å². The molecule has 1 atom stereocenters. The number of likely N-dealkylation sites (N-methyl/N-ethyl adjacent to an activating group) is 1. The summed E-state index contributed by atoms with van der Waals surface area (Å²) in [6.45, 7) is 9.77. The summed E-state index contributed by atoms with van der Waals surface area (Å²) in [7, 11) is 0. The second-order valence-corrected chi connectivity index (χ2v) is 6.13. The summed E-state index contributed by atoms with van der Waals surface area (Å²) in [5.74, 6) is -0.341. The SMILES string of the molecule is CCN1CCN(C2CCN(c3ccc(F)cc3C#N)C2)CC1. The molecule has 2 saturated heterocycles. The third kappa shape index (κ3) is 3.08. The molecule has 2 fully saturated rings. The summed E-state index contributed by atoms with van der Waals surface area (Å²) in [4.78, 5) is 7.29. The number of benzene rings is 1. The van der Waals surface area contributed by atoms with Crippen molar-refractivity contribution in [1.82, 2.24) is 9.80 Å². The van der Waals surface area contributed by atoms with Gasteiger partial charge in [0.05, 0.1) is 11.3 Å². The van der Waals surface area contributed by atoms with Gasteiger partial charge in [-0.25, -0.2) is 4.39 Å². The average molecular weight is 302 g/mol. The number of nitriles is 1. The molecular weight excluding hydrogens is 279 g/mol. The second-order valence-electron chi connectivity index (χ2n) is 6.13. The topological polar surface area (TPSA) is 33.5 Å². The van der Waals surface area contributed by atoms with Crippen molar-refractivity contribution in [3.63, 3.8) is 0 Å². The highest BCUT2D eigenvalue weighted by molar-refractivity contribution is 5.60. The average Bonchev–Trinajstić information content (AvgIpc) is 3.04. The van der Waals surface area contributed by atoms with Crippen LogP contribution in [0.15, 0.2) is 18.2 Å². The van der Waals surface area contributed by atoms with Gasteiger partial charge in [0.15, 0.2) is 0 Å². The lowest BCUT2D eigenvalue weighted by molar-refractivity contribution is 0.107. The maximum atomic E-state index is 13.3. The normalized spacial score (nSPS) is 23.7. The van der Waals surface area contributed by atoms with E-state index in [-0.39, 0.29) is 5.82 Å². The predicted molar refractivity (Wildman–Crippen MR) is 85.4 cm³/mol. The van der Waals surface area contributed by atoms with Gasteiger partial charge in [0.2, 0.25) is 0 Å². The van der Waals surface area contributed by atoms with E-state index in [0.717, 1.165) is 57.9 Å².